The Morgan fingerprint density at radius 3 is 2.32 bits per heavy atom. The average Bonchev–Trinajstić information content (AvgIpc) is 3.72. The zero-order valence-electron chi connectivity index (χ0n) is 35.0. The molecule has 4 fully saturated rings. The molecule has 0 radical (unpaired) electrons. The fourth-order valence-electron chi connectivity index (χ4n) is 9.21. The number of aromatic nitrogens is 4. The zero-order valence-corrected chi connectivity index (χ0v) is 35.0. The van der Waals surface area contributed by atoms with Gasteiger partial charge in [0.25, 0.3) is 5.91 Å². The molecule has 3 N–H and O–H groups in total. The first-order valence-electron chi connectivity index (χ1n) is 22.0. The number of nitrogens with one attached hydrogen (secondary N) is 3. The van der Waals surface area contributed by atoms with Gasteiger partial charge in [-0.05, 0) is 98.5 Å². The molecule has 62 heavy (non-hydrogen) atoms. The summed E-state index contributed by atoms with van der Waals surface area (Å²) < 4.78 is 7.91. The Morgan fingerprint density at radius 1 is 0.823 bits per heavy atom. The van der Waals surface area contributed by atoms with Crippen LogP contribution in [0.2, 0.25) is 0 Å². The van der Waals surface area contributed by atoms with Gasteiger partial charge in [0.15, 0.2) is 23.6 Å². The van der Waals surface area contributed by atoms with Crippen molar-refractivity contribution in [2.24, 2.45) is 5.92 Å². The fourth-order valence-corrected chi connectivity index (χ4v) is 9.21. The molecule has 15 heteroatoms. The van der Waals surface area contributed by atoms with E-state index in [0.717, 1.165) is 106 Å². The Balaban J connectivity index is 0.669. The second kappa shape index (κ2) is 18.7. The minimum Gasteiger partial charge on any atom is -0.484 e. The molecule has 322 valence electrons. The first kappa shape index (κ1) is 41.0. The van der Waals surface area contributed by atoms with Crippen molar-refractivity contribution in [1.82, 2.24) is 40.0 Å². The molecule has 2 aromatic heterocycles. The number of likely N-dealkylation sites (tertiary alicyclic amines) is 1. The standard InChI is InChI=1S/C47H54N10O5/c58-41-15-14-40(47(61)53-41)34-6-12-39(13-7-34)62-29-43(60)56-20-17-32(18-21-56)16-19-54-22-24-55(25-23-54)37-10-8-35(9-11-37)52-45-44-46(49-30-48-45)57(31-50-44)38-27-36(28-38)51-42(59)26-33-4-2-1-3-5-33/h1-13,30-32,36,38,40H,14-29H2,(H,51,59)(H,48,49,52)(H,53,58,61)/t36?,38?,40-/m0/s1. The van der Waals surface area contributed by atoms with Crippen molar-refractivity contribution < 1.29 is 23.9 Å². The number of fused-ring (bicyclic) bond motifs is 1. The lowest BCUT2D eigenvalue weighted by Gasteiger charge is -2.37. The van der Waals surface area contributed by atoms with Crippen LogP contribution in [0.3, 0.4) is 0 Å². The van der Waals surface area contributed by atoms with E-state index in [4.69, 9.17) is 4.74 Å². The summed E-state index contributed by atoms with van der Waals surface area (Å²) in [6, 6.07) is 25.9. The lowest BCUT2D eigenvalue weighted by molar-refractivity contribution is -0.135. The number of benzene rings is 3. The van der Waals surface area contributed by atoms with E-state index < -0.39 is 0 Å². The molecule has 3 aliphatic heterocycles. The Labute approximate surface area is 361 Å². The number of nitrogens with zero attached hydrogens (tertiary/aromatic N) is 7. The molecular formula is C47H54N10O5. The predicted octanol–water partition coefficient (Wildman–Crippen LogP) is 4.98. The summed E-state index contributed by atoms with van der Waals surface area (Å²) in [5.74, 6) is 1.08. The SMILES string of the molecule is O=C1CC[C@@H](c2ccc(OCC(=O)N3CCC(CCN4CCN(c5ccc(Nc6ncnc7c6ncn7C6CC(NC(=O)Cc7ccccc7)C6)cc5)CC4)CC3)cc2)C(=O)N1. The van der Waals surface area contributed by atoms with Crippen molar-refractivity contribution >= 4 is 52.0 Å². The summed E-state index contributed by atoms with van der Waals surface area (Å²) in [6.45, 7) is 6.56. The number of piperidine rings is 2. The summed E-state index contributed by atoms with van der Waals surface area (Å²) in [6.07, 6.45) is 9.47. The molecule has 15 nitrogen and oxygen atoms in total. The quantitative estimate of drug-likeness (QED) is 0.129. The number of carbonyl (C=O) groups excluding carboxylic acids is 4. The van der Waals surface area contributed by atoms with Gasteiger partial charge in [-0.3, -0.25) is 29.4 Å². The molecule has 0 unspecified atom stereocenters. The van der Waals surface area contributed by atoms with Crippen molar-refractivity contribution in [3.05, 3.63) is 103 Å². The van der Waals surface area contributed by atoms with Crippen molar-refractivity contribution in [3.8, 4) is 5.75 Å². The summed E-state index contributed by atoms with van der Waals surface area (Å²) in [5, 5.41) is 9.02. The van der Waals surface area contributed by atoms with Gasteiger partial charge in [-0.1, -0.05) is 42.5 Å². The highest BCUT2D eigenvalue weighted by atomic mass is 16.5. The Kier molecular flexibility index (Phi) is 12.4. The maximum Gasteiger partial charge on any atom is 0.260 e. The molecule has 9 rings (SSSR count). The van der Waals surface area contributed by atoms with Gasteiger partial charge in [0.2, 0.25) is 17.7 Å². The molecule has 1 saturated carbocycles. The van der Waals surface area contributed by atoms with E-state index >= 15 is 0 Å². The second-order valence-electron chi connectivity index (χ2n) is 17.1. The maximum atomic E-state index is 12.9. The van der Waals surface area contributed by atoms with Gasteiger partial charge in [-0.25, -0.2) is 15.0 Å². The third-order valence-electron chi connectivity index (χ3n) is 13.0. The van der Waals surface area contributed by atoms with E-state index in [-0.39, 0.29) is 48.2 Å². The molecule has 4 aliphatic rings. The van der Waals surface area contributed by atoms with Crippen LogP contribution >= 0.6 is 0 Å². The van der Waals surface area contributed by atoms with Crippen LogP contribution in [0.4, 0.5) is 17.2 Å². The number of amides is 4. The van der Waals surface area contributed by atoms with Crippen molar-refractivity contribution in [1.29, 1.82) is 0 Å². The van der Waals surface area contributed by atoms with E-state index in [1.807, 2.05) is 53.7 Å². The molecule has 1 atom stereocenters. The lowest BCUT2D eigenvalue weighted by Crippen LogP contribution is -2.47. The molecule has 1 aliphatic carbocycles. The van der Waals surface area contributed by atoms with Gasteiger partial charge in [-0.15, -0.1) is 0 Å². The summed E-state index contributed by atoms with van der Waals surface area (Å²) in [7, 11) is 0. The van der Waals surface area contributed by atoms with Crippen LogP contribution in [-0.2, 0) is 25.6 Å². The Morgan fingerprint density at radius 2 is 1.58 bits per heavy atom. The number of anilines is 3. The van der Waals surface area contributed by atoms with Crippen LogP contribution < -0.4 is 25.6 Å². The summed E-state index contributed by atoms with van der Waals surface area (Å²) in [4.78, 5) is 69.9. The molecule has 4 amide bonds. The van der Waals surface area contributed by atoms with Crippen LogP contribution in [-0.4, -0.2) is 111 Å². The minimum absolute atomic E-state index is 0.00164. The highest BCUT2D eigenvalue weighted by Gasteiger charge is 2.33. The number of carbonyl (C=O) groups is 4. The normalized spacial score (nSPS) is 21.0. The Hall–Kier alpha value is -6.35. The van der Waals surface area contributed by atoms with Crippen molar-refractivity contribution in [3.63, 3.8) is 0 Å². The van der Waals surface area contributed by atoms with Crippen molar-refractivity contribution in [2.75, 3.05) is 62.6 Å². The highest BCUT2D eigenvalue weighted by Crippen LogP contribution is 2.35. The molecular weight excluding hydrogens is 785 g/mol. The van der Waals surface area contributed by atoms with Gasteiger partial charge in [0, 0.05) is 69.1 Å². The predicted molar refractivity (Wildman–Crippen MR) is 235 cm³/mol. The van der Waals surface area contributed by atoms with Gasteiger partial charge in [0.1, 0.15) is 12.1 Å². The molecule has 0 spiro atoms. The van der Waals surface area contributed by atoms with E-state index in [0.29, 0.717) is 36.7 Å². The smallest absolute Gasteiger partial charge is 0.260 e. The number of piperazine rings is 1. The first-order chi connectivity index (χ1) is 30.3. The monoisotopic (exact) mass is 838 g/mol. The molecule has 0 bridgehead atoms. The second-order valence-corrected chi connectivity index (χ2v) is 17.1. The average molecular weight is 839 g/mol. The van der Waals surface area contributed by atoms with Gasteiger partial charge in [0.05, 0.1) is 18.7 Å². The van der Waals surface area contributed by atoms with E-state index in [2.05, 4.69) is 69.5 Å². The third kappa shape index (κ3) is 9.73. The van der Waals surface area contributed by atoms with E-state index in [1.54, 1.807) is 18.5 Å². The largest absolute Gasteiger partial charge is 0.484 e. The molecule has 3 saturated heterocycles. The molecule has 5 heterocycles. The topological polar surface area (TPSA) is 167 Å². The van der Waals surface area contributed by atoms with Gasteiger partial charge < -0.3 is 29.7 Å². The highest BCUT2D eigenvalue weighted by molar-refractivity contribution is 6.01. The van der Waals surface area contributed by atoms with Gasteiger partial charge in [-0.2, -0.15) is 0 Å². The maximum absolute atomic E-state index is 12.9. The fraction of sp³-hybridized carbons (Fsp3) is 0.426. The number of ether oxygens (including phenoxy) is 1. The van der Waals surface area contributed by atoms with E-state index in [9.17, 15) is 19.2 Å². The van der Waals surface area contributed by atoms with Crippen LogP contribution in [0.15, 0.2) is 91.5 Å². The number of rotatable bonds is 14. The number of hydrogen-bond donors (Lipinski definition) is 3. The van der Waals surface area contributed by atoms with Crippen LogP contribution in [0.1, 0.15) is 68.0 Å². The number of imidazole rings is 1. The molecule has 5 aromatic rings. The van der Waals surface area contributed by atoms with Crippen LogP contribution in [0, 0.1) is 5.92 Å². The van der Waals surface area contributed by atoms with Crippen molar-refractivity contribution in [2.45, 2.75) is 69.4 Å². The lowest BCUT2D eigenvalue weighted by atomic mass is 9.86. The van der Waals surface area contributed by atoms with Crippen LogP contribution in [0.5, 0.6) is 5.75 Å². The summed E-state index contributed by atoms with van der Waals surface area (Å²) in [5.41, 5.74) is 5.50. The number of imide groups is 1. The minimum atomic E-state index is -0.340. The van der Waals surface area contributed by atoms with Crippen LogP contribution in [0.25, 0.3) is 11.2 Å². The van der Waals surface area contributed by atoms with E-state index in [1.165, 1.54) is 5.69 Å². The Bertz CT molecular complexity index is 2350. The first-order valence-corrected chi connectivity index (χ1v) is 22.0. The van der Waals surface area contributed by atoms with Gasteiger partial charge >= 0.3 is 0 Å². The summed E-state index contributed by atoms with van der Waals surface area (Å²) >= 11 is 0. The third-order valence-corrected chi connectivity index (χ3v) is 13.0. The number of hydrogen-bond acceptors (Lipinski definition) is 11. The zero-order chi connectivity index (χ0) is 42.4. The molecule has 3 aromatic carbocycles.